The lowest BCUT2D eigenvalue weighted by Gasteiger charge is -2.04. The fourth-order valence-corrected chi connectivity index (χ4v) is 2.56. The summed E-state index contributed by atoms with van der Waals surface area (Å²) in [7, 11) is 0. The summed E-state index contributed by atoms with van der Waals surface area (Å²) in [4.78, 5) is 5.27. The first kappa shape index (κ1) is 11.5. The Kier molecular flexibility index (Phi) is 3.86. The molecule has 2 aromatic rings. The van der Waals surface area contributed by atoms with Crippen LogP contribution in [-0.4, -0.2) is 4.98 Å². The van der Waals surface area contributed by atoms with Gasteiger partial charge in [-0.2, -0.15) is 0 Å². The minimum Gasteiger partial charge on any atom is -0.240 e. The van der Waals surface area contributed by atoms with Crippen molar-refractivity contribution in [1.29, 1.82) is 0 Å². The number of aryl methyl sites for hydroxylation is 1. The predicted molar refractivity (Wildman–Crippen MR) is 70.0 cm³/mol. The number of benzene rings is 1. The van der Waals surface area contributed by atoms with Gasteiger partial charge in [0.15, 0.2) is 0 Å². The van der Waals surface area contributed by atoms with Gasteiger partial charge in [-0.15, -0.1) is 11.8 Å². The molecule has 2 rings (SSSR count). The summed E-state index contributed by atoms with van der Waals surface area (Å²) < 4.78 is 0. The summed E-state index contributed by atoms with van der Waals surface area (Å²) in [5.41, 5.74) is 2.25. The highest BCUT2D eigenvalue weighted by Crippen LogP contribution is 2.28. The number of nitrogens with zero attached hydrogens (tertiary/aromatic N) is 1. The van der Waals surface area contributed by atoms with E-state index in [1.807, 2.05) is 37.3 Å². The Hall–Kier alpha value is -0.990. The molecule has 0 saturated carbocycles. The first-order valence-corrected chi connectivity index (χ1v) is 6.42. The van der Waals surface area contributed by atoms with Crippen molar-refractivity contribution in [3.8, 4) is 0 Å². The van der Waals surface area contributed by atoms with E-state index >= 15 is 0 Å². The van der Waals surface area contributed by atoms with Crippen LogP contribution in [0.3, 0.4) is 0 Å². The predicted octanol–water partition coefficient (Wildman–Crippen LogP) is 4.34. The smallest absolute Gasteiger partial charge is 0.142 e. The average molecular weight is 250 g/mol. The van der Waals surface area contributed by atoms with E-state index in [0.717, 1.165) is 16.3 Å². The topological polar surface area (TPSA) is 12.9 Å². The molecule has 1 aromatic heterocycles. The maximum absolute atomic E-state index is 6.06. The van der Waals surface area contributed by atoms with Gasteiger partial charge in [0.05, 0.1) is 0 Å². The SMILES string of the molecule is Cc1ccc(SCc2ccccc2)c(Cl)n1. The molecule has 1 aromatic carbocycles. The van der Waals surface area contributed by atoms with Crippen LogP contribution in [0.2, 0.25) is 5.15 Å². The number of halogens is 1. The maximum atomic E-state index is 6.06. The fourth-order valence-electron chi connectivity index (χ4n) is 1.36. The van der Waals surface area contributed by atoms with Crippen molar-refractivity contribution >= 4 is 23.4 Å². The molecule has 0 spiro atoms. The van der Waals surface area contributed by atoms with Gasteiger partial charge in [0.2, 0.25) is 0 Å². The molecule has 3 heteroatoms. The van der Waals surface area contributed by atoms with E-state index in [0.29, 0.717) is 5.15 Å². The number of rotatable bonds is 3. The van der Waals surface area contributed by atoms with Crippen LogP contribution < -0.4 is 0 Å². The van der Waals surface area contributed by atoms with Crippen LogP contribution in [0.4, 0.5) is 0 Å². The van der Waals surface area contributed by atoms with Gasteiger partial charge in [-0.25, -0.2) is 4.98 Å². The van der Waals surface area contributed by atoms with Crippen molar-refractivity contribution in [1.82, 2.24) is 4.98 Å². The molecule has 0 aliphatic rings. The molecule has 0 radical (unpaired) electrons. The molecule has 0 aliphatic carbocycles. The van der Waals surface area contributed by atoms with E-state index in [9.17, 15) is 0 Å². The van der Waals surface area contributed by atoms with Gasteiger partial charge >= 0.3 is 0 Å². The lowest BCUT2D eigenvalue weighted by molar-refractivity contribution is 1.15. The molecule has 0 unspecified atom stereocenters. The summed E-state index contributed by atoms with van der Waals surface area (Å²) in [5, 5.41) is 0.598. The van der Waals surface area contributed by atoms with Gasteiger partial charge in [0.1, 0.15) is 5.15 Å². The highest BCUT2D eigenvalue weighted by Gasteiger charge is 2.02. The molecule has 82 valence electrons. The normalized spacial score (nSPS) is 10.4. The van der Waals surface area contributed by atoms with E-state index in [1.54, 1.807) is 11.8 Å². The lowest BCUT2D eigenvalue weighted by atomic mass is 10.2. The molecule has 0 saturated heterocycles. The number of aromatic nitrogens is 1. The standard InChI is InChI=1S/C13H12ClNS/c1-10-7-8-12(13(14)15-10)16-9-11-5-3-2-4-6-11/h2-8H,9H2,1H3. The van der Waals surface area contributed by atoms with E-state index in [1.165, 1.54) is 5.56 Å². The Morgan fingerprint density at radius 1 is 1.12 bits per heavy atom. The van der Waals surface area contributed by atoms with Crippen LogP contribution in [0.1, 0.15) is 11.3 Å². The van der Waals surface area contributed by atoms with Crippen LogP contribution >= 0.6 is 23.4 Å². The Bertz CT molecular complexity index is 471. The third-order valence-electron chi connectivity index (χ3n) is 2.19. The Labute approximate surface area is 105 Å². The van der Waals surface area contributed by atoms with Crippen LogP contribution in [0.5, 0.6) is 0 Å². The van der Waals surface area contributed by atoms with Crippen molar-refractivity contribution in [3.05, 3.63) is 58.9 Å². The zero-order valence-electron chi connectivity index (χ0n) is 8.98. The number of pyridine rings is 1. The molecule has 0 amide bonds. The Balaban J connectivity index is 2.05. The molecule has 1 nitrogen and oxygen atoms in total. The van der Waals surface area contributed by atoms with Crippen molar-refractivity contribution in [2.24, 2.45) is 0 Å². The molecule has 1 heterocycles. The quantitative estimate of drug-likeness (QED) is 0.593. The summed E-state index contributed by atoms with van der Waals surface area (Å²) in [6.45, 7) is 1.94. The van der Waals surface area contributed by atoms with Crippen molar-refractivity contribution in [3.63, 3.8) is 0 Å². The zero-order chi connectivity index (χ0) is 11.4. The minimum absolute atomic E-state index is 0.598. The molecule has 0 N–H and O–H groups in total. The zero-order valence-corrected chi connectivity index (χ0v) is 10.6. The van der Waals surface area contributed by atoms with Gasteiger partial charge < -0.3 is 0 Å². The second-order valence-corrected chi connectivity index (χ2v) is 4.89. The molecule has 0 bridgehead atoms. The Morgan fingerprint density at radius 2 is 1.88 bits per heavy atom. The maximum Gasteiger partial charge on any atom is 0.142 e. The number of hydrogen-bond donors (Lipinski definition) is 0. The second kappa shape index (κ2) is 5.37. The van der Waals surface area contributed by atoms with Gasteiger partial charge in [-0.3, -0.25) is 0 Å². The Morgan fingerprint density at radius 3 is 2.56 bits per heavy atom. The highest BCUT2D eigenvalue weighted by atomic mass is 35.5. The van der Waals surface area contributed by atoms with Gasteiger partial charge in [0, 0.05) is 16.3 Å². The van der Waals surface area contributed by atoms with Crippen LogP contribution in [0, 0.1) is 6.92 Å². The summed E-state index contributed by atoms with van der Waals surface area (Å²) in [5.74, 6) is 0.922. The molecule has 0 atom stereocenters. The van der Waals surface area contributed by atoms with Crippen LogP contribution in [-0.2, 0) is 5.75 Å². The first-order chi connectivity index (χ1) is 7.75. The van der Waals surface area contributed by atoms with Crippen LogP contribution in [0.25, 0.3) is 0 Å². The fraction of sp³-hybridized carbons (Fsp3) is 0.154. The van der Waals surface area contributed by atoms with Crippen LogP contribution in [0.15, 0.2) is 47.4 Å². The van der Waals surface area contributed by atoms with Gasteiger partial charge in [0.25, 0.3) is 0 Å². The minimum atomic E-state index is 0.598. The first-order valence-electron chi connectivity index (χ1n) is 5.05. The third-order valence-corrected chi connectivity index (χ3v) is 3.71. The summed E-state index contributed by atoms with van der Waals surface area (Å²) in [6.07, 6.45) is 0. The molecule has 0 aliphatic heterocycles. The molecular formula is C13H12ClNS. The molecule has 0 fully saturated rings. The van der Waals surface area contributed by atoms with E-state index < -0.39 is 0 Å². The number of hydrogen-bond acceptors (Lipinski definition) is 2. The summed E-state index contributed by atoms with van der Waals surface area (Å²) >= 11 is 7.78. The third kappa shape index (κ3) is 3.00. The lowest BCUT2D eigenvalue weighted by Crippen LogP contribution is -1.85. The summed E-state index contributed by atoms with van der Waals surface area (Å²) in [6, 6.07) is 14.4. The van der Waals surface area contributed by atoms with Crippen molar-refractivity contribution in [2.75, 3.05) is 0 Å². The monoisotopic (exact) mass is 249 g/mol. The van der Waals surface area contributed by atoms with E-state index in [4.69, 9.17) is 11.6 Å². The van der Waals surface area contributed by atoms with E-state index in [2.05, 4.69) is 17.1 Å². The number of thioether (sulfide) groups is 1. The highest BCUT2D eigenvalue weighted by molar-refractivity contribution is 7.98. The van der Waals surface area contributed by atoms with Crippen molar-refractivity contribution in [2.45, 2.75) is 17.6 Å². The average Bonchev–Trinajstić information content (AvgIpc) is 2.29. The largest absolute Gasteiger partial charge is 0.240 e. The molecule has 16 heavy (non-hydrogen) atoms. The van der Waals surface area contributed by atoms with E-state index in [-0.39, 0.29) is 0 Å². The van der Waals surface area contributed by atoms with Gasteiger partial charge in [-0.1, -0.05) is 41.9 Å². The second-order valence-electron chi connectivity index (χ2n) is 3.52. The van der Waals surface area contributed by atoms with Crippen molar-refractivity contribution < 1.29 is 0 Å². The molecular weight excluding hydrogens is 238 g/mol. The van der Waals surface area contributed by atoms with Gasteiger partial charge in [-0.05, 0) is 24.6 Å².